The lowest BCUT2D eigenvalue weighted by atomic mass is 10.1. The van der Waals surface area contributed by atoms with Crippen LogP contribution in [0.2, 0.25) is 0 Å². The molecule has 0 fully saturated rings. The molecule has 0 spiro atoms. The molecule has 0 aliphatic rings. The predicted molar refractivity (Wildman–Crippen MR) is 98.2 cm³/mol. The number of hydrogen-bond donors (Lipinski definition) is 1. The van der Waals surface area contributed by atoms with E-state index in [9.17, 15) is 0 Å². The van der Waals surface area contributed by atoms with Crippen LogP contribution in [0.25, 0.3) is 11.4 Å². The van der Waals surface area contributed by atoms with Crippen molar-refractivity contribution >= 4 is 18.4 Å². The average Bonchev–Trinajstić information content (AvgIpc) is 2.95. The highest BCUT2D eigenvalue weighted by Gasteiger charge is 2.07. The molecule has 3 rings (SSSR count). The molecular formula is C18H18N4OS. The molecule has 1 aromatic heterocycles. The lowest BCUT2D eigenvalue weighted by Crippen LogP contribution is -1.96. The number of nitrogens with zero attached hydrogens (tertiary/aromatic N) is 3. The first-order valence-corrected chi connectivity index (χ1v) is 8.10. The third-order valence-corrected chi connectivity index (χ3v) is 3.70. The Kier molecular flexibility index (Phi) is 4.86. The van der Waals surface area contributed by atoms with Crippen LogP contribution >= 0.6 is 12.2 Å². The van der Waals surface area contributed by atoms with Crippen LogP contribution in [0.15, 0.2) is 53.6 Å². The van der Waals surface area contributed by atoms with Gasteiger partial charge in [0.05, 0.1) is 12.8 Å². The molecule has 5 nitrogen and oxygen atoms in total. The Bertz CT molecular complexity index is 909. The summed E-state index contributed by atoms with van der Waals surface area (Å²) in [6, 6.07) is 15.8. The average molecular weight is 338 g/mol. The molecule has 3 aromatic rings. The van der Waals surface area contributed by atoms with Gasteiger partial charge in [0, 0.05) is 5.56 Å². The molecule has 0 saturated carbocycles. The van der Waals surface area contributed by atoms with Crippen LogP contribution in [0, 0.1) is 11.7 Å². The molecule has 2 aromatic carbocycles. The van der Waals surface area contributed by atoms with Gasteiger partial charge in [-0.3, -0.25) is 0 Å². The minimum absolute atomic E-state index is 0.452. The van der Waals surface area contributed by atoms with Gasteiger partial charge in [-0.15, -0.1) is 0 Å². The molecule has 24 heavy (non-hydrogen) atoms. The molecule has 122 valence electrons. The smallest absolute Gasteiger partial charge is 0.216 e. The highest BCUT2D eigenvalue weighted by molar-refractivity contribution is 7.71. The fourth-order valence-corrected chi connectivity index (χ4v) is 2.49. The predicted octanol–water partition coefficient (Wildman–Crippen LogP) is 4.20. The number of H-pyrrole nitrogens is 1. The molecule has 0 radical (unpaired) electrons. The number of hydrogen-bond acceptors (Lipinski definition) is 4. The van der Waals surface area contributed by atoms with E-state index >= 15 is 0 Å². The van der Waals surface area contributed by atoms with Crippen molar-refractivity contribution in [1.29, 1.82) is 0 Å². The van der Waals surface area contributed by atoms with Crippen LogP contribution in [0.1, 0.15) is 18.1 Å². The fraction of sp³-hybridized carbons (Fsp3) is 0.167. The zero-order chi connectivity index (χ0) is 16.9. The summed E-state index contributed by atoms with van der Waals surface area (Å²) in [6.07, 6.45) is 1.75. The van der Waals surface area contributed by atoms with Gasteiger partial charge in [0.15, 0.2) is 5.82 Å². The van der Waals surface area contributed by atoms with Crippen LogP contribution < -0.4 is 4.74 Å². The van der Waals surface area contributed by atoms with E-state index in [1.165, 1.54) is 0 Å². The lowest BCUT2D eigenvalue weighted by molar-refractivity contribution is 0.340. The lowest BCUT2D eigenvalue weighted by Gasteiger charge is -2.03. The molecule has 0 aliphatic heterocycles. The van der Waals surface area contributed by atoms with Crippen molar-refractivity contribution in [3.63, 3.8) is 0 Å². The minimum Gasteiger partial charge on any atom is -0.494 e. The number of aromatic amines is 1. The van der Waals surface area contributed by atoms with E-state index in [2.05, 4.69) is 15.3 Å². The summed E-state index contributed by atoms with van der Waals surface area (Å²) < 4.78 is 7.52. The Hall–Kier alpha value is -2.73. The second-order valence-electron chi connectivity index (χ2n) is 5.28. The van der Waals surface area contributed by atoms with Crippen LogP contribution in [0.5, 0.6) is 5.75 Å². The van der Waals surface area contributed by atoms with Gasteiger partial charge in [0.1, 0.15) is 5.75 Å². The van der Waals surface area contributed by atoms with Gasteiger partial charge in [-0.2, -0.15) is 14.9 Å². The van der Waals surface area contributed by atoms with Crippen LogP contribution in [-0.4, -0.2) is 27.7 Å². The number of benzene rings is 2. The molecule has 1 N–H and O–H groups in total. The Morgan fingerprint density at radius 1 is 1.25 bits per heavy atom. The number of nitrogens with one attached hydrogen (secondary N) is 1. The second kappa shape index (κ2) is 7.23. The van der Waals surface area contributed by atoms with Crippen LogP contribution in [0.3, 0.4) is 0 Å². The Morgan fingerprint density at radius 3 is 2.75 bits per heavy atom. The third kappa shape index (κ3) is 3.60. The van der Waals surface area contributed by atoms with Gasteiger partial charge in [-0.25, -0.2) is 5.10 Å². The molecule has 0 atom stereocenters. The van der Waals surface area contributed by atoms with Crippen molar-refractivity contribution in [3.8, 4) is 17.1 Å². The monoisotopic (exact) mass is 338 g/mol. The van der Waals surface area contributed by atoms with Gasteiger partial charge in [0.2, 0.25) is 4.77 Å². The summed E-state index contributed by atoms with van der Waals surface area (Å²) in [6.45, 7) is 4.65. The number of aryl methyl sites for hydroxylation is 1. The molecule has 0 unspecified atom stereocenters. The van der Waals surface area contributed by atoms with Gasteiger partial charge < -0.3 is 4.74 Å². The highest BCUT2D eigenvalue weighted by Crippen LogP contribution is 2.18. The van der Waals surface area contributed by atoms with Crippen molar-refractivity contribution in [1.82, 2.24) is 14.9 Å². The third-order valence-electron chi connectivity index (χ3n) is 3.44. The molecule has 0 aliphatic carbocycles. The fourth-order valence-electron chi connectivity index (χ4n) is 2.31. The molecular weight excluding hydrogens is 320 g/mol. The standard InChI is InChI=1S/C18H18N4OS/c1-3-23-16-9-7-14(8-10-16)12-19-22-17(20-21-18(22)24)15-6-4-5-13(2)11-15/h4-12H,3H2,1-2H3,(H,21,24)/b19-12+. The van der Waals surface area contributed by atoms with Crippen molar-refractivity contribution in [2.75, 3.05) is 6.61 Å². The molecule has 0 bridgehead atoms. The van der Waals surface area contributed by atoms with E-state index in [4.69, 9.17) is 17.0 Å². The summed E-state index contributed by atoms with van der Waals surface area (Å²) in [5.74, 6) is 1.53. The van der Waals surface area contributed by atoms with Gasteiger partial charge in [-0.1, -0.05) is 23.8 Å². The van der Waals surface area contributed by atoms with E-state index in [0.29, 0.717) is 17.2 Å². The summed E-state index contributed by atoms with van der Waals surface area (Å²) >= 11 is 5.29. The maximum Gasteiger partial charge on any atom is 0.216 e. The van der Waals surface area contributed by atoms with E-state index < -0.39 is 0 Å². The maximum absolute atomic E-state index is 5.44. The first kappa shape index (κ1) is 16.1. The number of ether oxygens (including phenoxy) is 1. The zero-order valence-electron chi connectivity index (χ0n) is 13.6. The van der Waals surface area contributed by atoms with E-state index in [1.54, 1.807) is 10.9 Å². The quantitative estimate of drug-likeness (QED) is 0.560. The summed E-state index contributed by atoms with van der Waals surface area (Å²) in [5.41, 5.74) is 3.08. The first-order valence-electron chi connectivity index (χ1n) is 7.69. The Morgan fingerprint density at radius 2 is 2.04 bits per heavy atom. The summed E-state index contributed by atoms with van der Waals surface area (Å²) in [7, 11) is 0. The van der Waals surface area contributed by atoms with Crippen molar-refractivity contribution < 1.29 is 4.74 Å². The molecule has 0 amide bonds. The first-order chi connectivity index (χ1) is 11.7. The van der Waals surface area contributed by atoms with Gasteiger partial charge >= 0.3 is 0 Å². The van der Waals surface area contributed by atoms with Crippen LogP contribution in [0.4, 0.5) is 0 Å². The Balaban J connectivity index is 1.90. The summed E-state index contributed by atoms with van der Waals surface area (Å²) in [5, 5.41) is 11.6. The van der Waals surface area contributed by atoms with Crippen LogP contribution in [-0.2, 0) is 0 Å². The number of rotatable bonds is 5. The largest absolute Gasteiger partial charge is 0.494 e. The van der Waals surface area contributed by atoms with E-state index in [-0.39, 0.29) is 0 Å². The zero-order valence-corrected chi connectivity index (χ0v) is 14.4. The topological polar surface area (TPSA) is 55.2 Å². The SMILES string of the molecule is CCOc1ccc(/C=N/n2c(-c3cccc(C)c3)n[nH]c2=S)cc1. The molecule has 0 saturated heterocycles. The summed E-state index contributed by atoms with van der Waals surface area (Å²) in [4.78, 5) is 0. The minimum atomic E-state index is 0.452. The van der Waals surface area contributed by atoms with E-state index in [1.807, 2.05) is 62.4 Å². The van der Waals surface area contributed by atoms with Crippen molar-refractivity contribution in [2.24, 2.45) is 5.10 Å². The molecule has 1 heterocycles. The van der Waals surface area contributed by atoms with Gasteiger partial charge in [0.25, 0.3) is 0 Å². The Labute approximate surface area is 145 Å². The van der Waals surface area contributed by atoms with Gasteiger partial charge in [-0.05, 0) is 62.0 Å². The molecule has 6 heteroatoms. The van der Waals surface area contributed by atoms with Crippen molar-refractivity contribution in [2.45, 2.75) is 13.8 Å². The normalized spacial score (nSPS) is 11.1. The van der Waals surface area contributed by atoms with E-state index in [0.717, 1.165) is 22.4 Å². The highest BCUT2D eigenvalue weighted by atomic mass is 32.1. The number of aromatic nitrogens is 3. The van der Waals surface area contributed by atoms with Crippen molar-refractivity contribution in [3.05, 3.63) is 64.4 Å². The maximum atomic E-state index is 5.44. The second-order valence-corrected chi connectivity index (χ2v) is 5.67.